The van der Waals surface area contributed by atoms with E-state index >= 15 is 0 Å². The monoisotopic (exact) mass is 366 g/mol. The molecule has 0 aliphatic heterocycles. The van der Waals surface area contributed by atoms with E-state index in [0.717, 1.165) is 42.8 Å². The number of nitrogens with zero attached hydrogens (tertiary/aromatic N) is 2. The molecule has 1 saturated carbocycles. The summed E-state index contributed by atoms with van der Waals surface area (Å²) in [6.45, 7) is 3.20. The van der Waals surface area contributed by atoms with Crippen molar-refractivity contribution in [3.8, 4) is 6.07 Å². The maximum Gasteiger partial charge on any atom is 0.0851 e. The van der Waals surface area contributed by atoms with E-state index in [4.69, 9.17) is 11.6 Å². The van der Waals surface area contributed by atoms with E-state index in [1.54, 1.807) is 0 Å². The van der Waals surface area contributed by atoms with E-state index < -0.39 is 0 Å². The second-order valence-electron chi connectivity index (χ2n) is 7.65. The molecule has 2 aromatic carbocycles. The predicted molar refractivity (Wildman–Crippen MR) is 108 cm³/mol. The standard InChI is InChI=1S/C23H27ClN2/c1-18(26(2)16-19-6-4-3-5-7-19)14-15-23(17-25,20-8-9-20)21-10-12-22(24)13-11-21/h3-7,10-13,18,20H,8-9,14-16H2,1-2H3. The van der Waals surface area contributed by atoms with Crippen molar-refractivity contribution >= 4 is 11.6 Å². The highest BCUT2D eigenvalue weighted by Crippen LogP contribution is 2.50. The van der Waals surface area contributed by atoms with Crippen LogP contribution in [0, 0.1) is 17.2 Å². The van der Waals surface area contributed by atoms with Crippen molar-refractivity contribution < 1.29 is 0 Å². The van der Waals surface area contributed by atoms with Crippen LogP contribution in [0.1, 0.15) is 43.7 Å². The first-order chi connectivity index (χ1) is 12.5. The van der Waals surface area contributed by atoms with Crippen LogP contribution in [0.4, 0.5) is 0 Å². The molecule has 0 radical (unpaired) electrons. The largest absolute Gasteiger partial charge is 0.299 e. The number of hydrogen-bond donors (Lipinski definition) is 0. The molecule has 0 saturated heterocycles. The Morgan fingerprint density at radius 2 is 1.81 bits per heavy atom. The fraction of sp³-hybridized carbons (Fsp3) is 0.435. The van der Waals surface area contributed by atoms with E-state index in [0.29, 0.717) is 12.0 Å². The average molecular weight is 367 g/mol. The van der Waals surface area contributed by atoms with E-state index in [2.05, 4.69) is 55.3 Å². The van der Waals surface area contributed by atoms with Gasteiger partial charge < -0.3 is 0 Å². The van der Waals surface area contributed by atoms with E-state index in [1.165, 1.54) is 5.56 Å². The third-order valence-electron chi connectivity index (χ3n) is 5.82. The molecule has 0 heterocycles. The Labute approximate surface area is 162 Å². The predicted octanol–water partition coefficient (Wildman–Crippen LogP) is 5.81. The fourth-order valence-electron chi connectivity index (χ4n) is 3.80. The Balaban J connectivity index is 1.68. The van der Waals surface area contributed by atoms with Crippen molar-refractivity contribution in [2.24, 2.45) is 5.92 Å². The Morgan fingerprint density at radius 1 is 1.15 bits per heavy atom. The van der Waals surface area contributed by atoms with Crippen molar-refractivity contribution in [3.63, 3.8) is 0 Å². The molecule has 0 amide bonds. The van der Waals surface area contributed by atoms with E-state index in [1.807, 2.05) is 24.3 Å². The molecule has 0 aromatic heterocycles. The first-order valence-corrected chi connectivity index (χ1v) is 9.84. The molecule has 2 atom stereocenters. The molecule has 1 aliphatic rings. The number of halogens is 1. The van der Waals surface area contributed by atoms with Gasteiger partial charge in [-0.05, 0) is 68.8 Å². The second kappa shape index (κ2) is 8.25. The summed E-state index contributed by atoms with van der Waals surface area (Å²) in [6.07, 6.45) is 4.22. The van der Waals surface area contributed by atoms with Gasteiger partial charge in [0.1, 0.15) is 0 Å². The number of hydrogen-bond acceptors (Lipinski definition) is 2. The van der Waals surface area contributed by atoms with Crippen LogP contribution in [-0.2, 0) is 12.0 Å². The third kappa shape index (κ3) is 4.29. The lowest BCUT2D eigenvalue weighted by molar-refractivity contribution is 0.222. The topological polar surface area (TPSA) is 27.0 Å². The summed E-state index contributed by atoms with van der Waals surface area (Å²) < 4.78 is 0. The van der Waals surface area contributed by atoms with Crippen LogP contribution >= 0.6 is 11.6 Å². The maximum atomic E-state index is 10.1. The Hall–Kier alpha value is -1.82. The van der Waals surface area contributed by atoms with Gasteiger partial charge >= 0.3 is 0 Å². The molecule has 0 bridgehead atoms. The van der Waals surface area contributed by atoms with Crippen LogP contribution in [0.2, 0.25) is 5.02 Å². The first-order valence-electron chi connectivity index (χ1n) is 9.46. The molecule has 136 valence electrons. The van der Waals surface area contributed by atoms with Gasteiger partial charge in [-0.25, -0.2) is 0 Å². The summed E-state index contributed by atoms with van der Waals surface area (Å²) in [5, 5.41) is 10.8. The zero-order chi connectivity index (χ0) is 18.6. The summed E-state index contributed by atoms with van der Waals surface area (Å²) in [6, 6.07) is 21.6. The lowest BCUT2D eigenvalue weighted by Crippen LogP contribution is -2.33. The van der Waals surface area contributed by atoms with Crippen molar-refractivity contribution in [2.75, 3.05) is 7.05 Å². The Bertz CT molecular complexity index is 746. The molecule has 0 N–H and O–H groups in total. The molecular weight excluding hydrogens is 340 g/mol. The Kier molecular flexibility index (Phi) is 6.01. The SMILES string of the molecule is CC(CCC(C#N)(c1ccc(Cl)cc1)C1CC1)N(C)Cc1ccccc1. The van der Waals surface area contributed by atoms with Gasteiger partial charge in [0.2, 0.25) is 0 Å². The summed E-state index contributed by atoms with van der Waals surface area (Å²) in [7, 11) is 2.17. The fourth-order valence-corrected chi connectivity index (χ4v) is 3.93. The van der Waals surface area contributed by atoms with Crippen molar-refractivity contribution in [2.45, 2.75) is 50.6 Å². The van der Waals surface area contributed by atoms with E-state index in [-0.39, 0.29) is 5.41 Å². The van der Waals surface area contributed by atoms with Crippen LogP contribution in [0.3, 0.4) is 0 Å². The highest BCUT2D eigenvalue weighted by atomic mass is 35.5. The lowest BCUT2D eigenvalue weighted by atomic mass is 9.73. The van der Waals surface area contributed by atoms with Crippen LogP contribution in [0.25, 0.3) is 0 Å². The van der Waals surface area contributed by atoms with Crippen LogP contribution in [0.5, 0.6) is 0 Å². The third-order valence-corrected chi connectivity index (χ3v) is 6.07. The van der Waals surface area contributed by atoms with Gasteiger partial charge in [0, 0.05) is 17.6 Å². The van der Waals surface area contributed by atoms with Gasteiger partial charge in [-0.15, -0.1) is 0 Å². The average Bonchev–Trinajstić information content (AvgIpc) is 3.50. The molecular formula is C23H27ClN2. The summed E-state index contributed by atoms with van der Waals surface area (Å²) >= 11 is 6.06. The molecule has 1 fully saturated rings. The van der Waals surface area contributed by atoms with Crippen LogP contribution < -0.4 is 0 Å². The van der Waals surface area contributed by atoms with E-state index in [9.17, 15) is 5.26 Å². The molecule has 2 unspecified atom stereocenters. The zero-order valence-electron chi connectivity index (χ0n) is 15.7. The molecule has 0 spiro atoms. The molecule has 3 heteroatoms. The minimum atomic E-state index is -0.369. The van der Waals surface area contributed by atoms with Gasteiger partial charge in [0.25, 0.3) is 0 Å². The smallest absolute Gasteiger partial charge is 0.0851 e. The van der Waals surface area contributed by atoms with Gasteiger partial charge in [0.05, 0.1) is 11.5 Å². The summed E-state index contributed by atoms with van der Waals surface area (Å²) in [4.78, 5) is 2.38. The highest BCUT2D eigenvalue weighted by molar-refractivity contribution is 6.30. The summed E-state index contributed by atoms with van der Waals surface area (Å²) in [5.41, 5.74) is 2.09. The number of nitriles is 1. The quantitative estimate of drug-likeness (QED) is 0.589. The van der Waals surface area contributed by atoms with Gasteiger partial charge in [-0.2, -0.15) is 5.26 Å². The van der Waals surface area contributed by atoms with Crippen molar-refractivity contribution in [1.82, 2.24) is 4.90 Å². The van der Waals surface area contributed by atoms with Crippen LogP contribution in [0.15, 0.2) is 54.6 Å². The van der Waals surface area contributed by atoms with Gasteiger partial charge in [-0.1, -0.05) is 54.1 Å². The molecule has 3 rings (SSSR count). The second-order valence-corrected chi connectivity index (χ2v) is 8.09. The lowest BCUT2D eigenvalue weighted by Gasteiger charge is -2.31. The minimum Gasteiger partial charge on any atom is -0.299 e. The normalized spacial score (nSPS) is 17.5. The Morgan fingerprint density at radius 3 is 2.38 bits per heavy atom. The summed E-state index contributed by atoms with van der Waals surface area (Å²) in [5.74, 6) is 0.486. The van der Waals surface area contributed by atoms with Gasteiger partial charge in [-0.3, -0.25) is 4.90 Å². The van der Waals surface area contributed by atoms with Crippen LogP contribution in [-0.4, -0.2) is 18.0 Å². The molecule has 2 aromatic rings. The molecule has 1 aliphatic carbocycles. The minimum absolute atomic E-state index is 0.369. The van der Waals surface area contributed by atoms with Crippen molar-refractivity contribution in [3.05, 3.63) is 70.7 Å². The van der Waals surface area contributed by atoms with Gasteiger partial charge in [0.15, 0.2) is 0 Å². The molecule has 2 nitrogen and oxygen atoms in total. The maximum absolute atomic E-state index is 10.1. The first kappa shape index (κ1) is 19.0. The zero-order valence-corrected chi connectivity index (χ0v) is 16.4. The number of rotatable bonds is 8. The number of benzene rings is 2. The van der Waals surface area contributed by atoms with Crippen molar-refractivity contribution in [1.29, 1.82) is 5.26 Å². The molecule has 26 heavy (non-hydrogen) atoms. The highest BCUT2D eigenvalue weighted by Gasteiger charge is 2.46.